The third-order valence-corrected chi connectivity index (χ3v) is 7.41. The molecule has 1 saturated heterocycles. The Morgan fingerprint density at radius 3 is 2.44 bits per heavy atom. The molecular formula is C30H32N2O8S. The Morgan fingerprint density at radius 1 is 1.00 bits per heavy atom. The number of carbonyl (C=O) groups is 3. The number of hydrogen-bond acceptors (Lipinski definition) is 8. The number of carbonyl (C=O) groups excluding carboxylic acids is 2. The zero-order valence-electron chi connectivity index (χ0n) is 22.4. The minimum Gasteiger partial charge on any atom is -0.478 e. The fraction of sp³-hybridized carbons (Fsp3) is 0.300. The van der Waals surface area contributed by atoms with Gasteiger partial charge in [0.15, 0.2) is 6.29 Å². The highest BCUT2D eigenvalue weighted by Gasteiger charge is 2.32. The predicted octanol–water partition coefficient (Wildman–Crippen LogP) is 4.90. The highest BCUT2D eigenvalue weighted by atomic mass is 32.2. The number of amides is 2. The van der Waals surface area contributed by atoms with Crippen LogP contribution >= 0.6 is 11.8 Å². The van der Waals surface area contributed by atoms with Crippen LogP contribution in [0.2, 0.25) is 0 Å². The second-order valence-electron chi connectivity index (χ2n) is 9.23. The number of urea groups is 1. The van der Waals surface area contributed by atoms with Gasteiger partial charge in [-0.05, 0) is 54.4 Å². The summed E-state index contributed by atoms with van der Waals surface area (Å²) in [7, 11) is 0. The Hall–Kier alpha value is -3.90. The average Bonchev–Trinajstić information content (AvgIpc) is 2.99. The fourth-order valence-electron chi connectivity index (χ4n) is 4.21. The van der Waals surface area contributed by atoms with Gasteiger partial charge in [0.05, 0.1) is 31.0 Å². The number of nitrogens with one attached hydrogen (secondary N) is 2. The lowest BCUT2D eigenvalue weighted by Crippen LogP contribution is -2.34. The predicted molar refractivity (Wildman–Crippen MR) is 153 cm³/mol. The maximum atomic E-state index is 12.3. The first-order chi connectivity index (χ1) is 19.8. The number of benzene rings is 3. The van der Waals surface area contributed by atoms with E-state index in [1.54, 1.807) is 61.2 Å². The monoisotopic (exact) mass is 580 g/mol. The van der Waals surface area contributed by atoms with Gasteiger partial charge in [0.2, 0.25) is 0 Å². The number of esters is 1. The molecule has 0 aromatic heterocycles. The summed E-state index contributed by atoms with van der Waals surface area (Å²) in [4.78, 5) is 35.9. The number of hydrogen-bond donors (Lipinski definition) is 4. The zero-order valence-corrected chi connectivity index (χ0v) is 23.3. The van der Waals surface area contributed by atoms with Gasteiger partial charge in [0.25, 0.3) is 0 Å². The molecule has 2 amide bonds. The van der Waals surface area contributed by atoms with E-state index in [-0.39, 0.29) is 37.5 Å². The van der Waals surface area contributed by atoms with Crippen molar-refractivity contribution < 1.29 is 38.8 Å². The molecule has 4 N–H and O–H groups in total. The van der Waals surface area contributed by atoms with Gasteiger partial charge in [-0.15, -0.1) is 11.8 Å². The highest BCUT2D eigenvalue weighted by Crippen LogP contribution is 2.40. The van der Waals surface area contributed by atoms with Gasteiger partial charge < -0.3 is 35.1 Å². The molecule has 0 radical (unpaired) electrons. The zero-order chi connectivity index (χ0) is 29.2. The lowest BCUT2D eigenvalue weighted by Gasteiger charge is -2.36. The summed E-state index contributed by atoms with van der Waals surface area (Å²) in [5.41, 5.74) is 3.17. The molecule has 1 aliphatic heterocycles. The molecular weight excluding hydrogens is 548 g/mol. The van der Waals surface area contributed by atoms with E-state index in [0.717, 1.165) is 16.0 Å². The molecule has 0 spiro atoms. The molecule has 216 valence electrons. The van der Waals surface area contributed by atoms with Crippen molar-refractivity contribution in [3.8, 4) is 0 Å². The van der Waals surface area contributed by atoms with Crippen molar-refractivity contribution >= 4 is 35.4 Å². The first-order valence-corrected chi connectivity index (χ1v) is 14.1. The van der Waals surface area contributed by atoms with Gasteiger partial charge in [-0.3, -0.25) is 4.79 Å². The second kappa shape index (κ2) is 14.6. The summed E-state index contributed by atoms with van der Waals surface area (Å²) in [6, 6.07) is 20.8. The van der Waals surface area contributed by atoms with Crippen molar-refractivity contribution in [2.24, 2.45) is 0 Å². The molecule has 1 aliphatic rings. The van der Waals surface area contributed by atoms with Crippen molar-refractivity contribution in [2.75, 3.05) is 24.2 Å². The van der Waals surface area contributed by atoms with Gasteiger partial charge in [-0.2, -0.15) is 0 Å². The number of aliphatic hydroxyl groups excluding tert-OH is 1. The summed E-state index contributed by atoms with van der Waals surface area (Å²) in [6.45, 7) is 1.62. The van der Waals surface area contributed by atoms with Crippen LogP contribution in [0.4, 0.5) is 10.5 Å². The van der Waals surface area contributed by atoms with Crippen LogP contribution in [-0.4, -0.2) is 53.2 Å². The van der Waals surface area contributed by atoms with E-state index in [1.807, 2.05) is 30.3 Å². The Bertz CT molecular complexity index is 1330. The molecule has 0 bridgehead atoms. The van der Waals surface area contributed by atoms with Gasteiger partial charge >= 0.3 is 18.0 Å². The van der Waals surface area contributed by atoms with E-state index in [0.29, 0.717) is 23.4 Å². The fourth-order valence-corrected chi connectivity index (χ4v) is 5.13. The van der Waals surface area contributed by atoms with E-state index >= 15 is 0 Å². The van der Waals surface area contributed by atoms with Crippen molar-refractivity contribution in [1.82, 2.24) is 5.32 Å². The molecule has 3 aromatic carbocycles. The lowest BCUT2D eigenvalue weighted by atomic mass is 10.0. The summed E-state index contributed by atoms with van der Waals surface area (Å²) in [5.74, 6) is -0.897. The molecule has 3 aromatic rings. The molecule has 3 atom stereocenters. The van der Waals surface area contributed by atoms with Crippen molar-refractivity contribution in [3.05, 3.63) is 95.1 Å². The average molecular weight is 581 g/mol. The normalized spacial score (nSPS) is 18.3. The van der Waals surface area contributed by atoms with Gasteiger partial charge in [-0.25, -0.2) is 9.59 Å². The van der Waals surface area contributed by atoms with E-state index in [2.05, 4.69) is 10.6 Å². The van der Waals surface area contributed by atoms with Crippen LogP contribution < -0.4 is 10.6 Å². The van der Waals surface area contributed by atoms with Crippen LogP contribution in [-0.2, 0) is 25.6 Å². The quantitative estimate of drug-likeness (QED) is 0.184. The van der Waals surface area contributed by atoms with E-state index < -0.39 is 24.3 Å². The SMILES string of the molecule is CCOC(=O)CNC(=O)Nc1cccc([C@@H]2O[C@H](CSc3ccc(C(=O)O)cc3)C[C@H](c3ccc(CO)cc3)O2)c1. The van der Waals surface area contributed by atoms with Gasteiger partial charge in [0, 0.05) is 28.3 Å². The minimum atomic E-state index is -0.972. The van der Waals surface area contributed by atoms with Crippen molar-refractivity contribution in [1.29, 1.82) is 0 Å². The molecule has 0 saturated carbocycles. The summed E-state index contributed by atoms with van der Waals surface area (Å²) < 4.78 is 17.5. The second-order valence-corrected chi connectivity index (χ2v) is 10.3. The summed E-state index contributed by atoms with van der Waals surface area (Å²) in [6.07, 6.45) is -0.630. The molecule has 0 unspecified atom stereocenters. The summed E-state index contributed by atoms with van der Waals surface area (Å²) in [5, 5.41) is 23.7. The summed E-state index contributed by atoms with van der Waals surface area (Å²) >= 11 is 1.56. The number of ether oxygens (including phenoxy) is 3. The highest BCUT2D eigenvalue weighted by molar-refractivity contribution is 7.99. The van der Waals surface area contributed by atoms with Gasteiger partial charge in [-0.1, -0.05) is 36.4 Å². The lowest BCUT2D eigenvalue weighted by molar-refractivity contribution is -0.245. The maximum Gasteiger partial charge on any atom is 0.335 e. The van der Waals surface area contributed by atoms with Crippen LogP contribution in [0.1, 0.15) is 52.8 Å². The number of aliphatic hydroxyl groups is 1. The van der Waals surface area contributed by atoms with Crippen LogP contribution in [0, 0.1) is 0 Å². The topological polar surface area (TPSA) is 143 Å². The molecule has 41 heavy (non-hydrogen) atoms. The van der Waals surface area contributed by atoms with Crippen molar-refractivity contribution in [2.45, 2.75) is 43.3 Å². The number of carboxylic acids is 1. The van der Waals surface area contributed by atoms with Crippen LogP contribution in [0.15, 0.2) is 77.7 Å². The number of carboxylic acid groups (broad SMARTS) is 1. The van der Waals surface area contributed by atoms with Crippen LogP contribution in [0.5, 0.6) is 0 Å². The molecule has 0 aliphatic carbocycles. The number of rotatable bonds is 11. The van der Waals surface area contributed by atoms with E-state index in [9.17, 15) is 19.5 Å². The third kappa shape index (κ3) is 8.79. The number of thioether (sulfide) groups is 1. The Labute approximate surface area is 242 Å². The van der Waals surface area contributed by atoms with Crippen molar-refractivity contribution in [3.63, 3.8) is 0 Å². The number of anilines is 1. The molecule has 1 heterocycles. The first kappa shape index (κ1) is 30.1. The van der Waals surface area contributed by atoms with Crippen LogP contribution in [0.3, 0.4) is 0 Å². The Morgan fingerprint density at radius 2 is 1.76 bits per heavy atom. The van der Waals surface area contributed by atoms with Gasteiger partial charge in [0.1, 0.15) is 6.54 Å². The standard InChI is InChI=1S/C30H32N2O8S/c1-2-38-27(34)16-31-30(37)32-23-5-3-4-22(14-23)29-39-24(18-41-25-12-10-21(11-13-25)28(35)36)15-26(40-29)20-8-6-19(17-33)7-9-20/h3-14,24,26,29,33H,2,15-18H2,1H3,(H,35,36)(H2,31,32,37)/t24-,26+,29+/m0/s1. The first-order valence-electron chi connectivity index (χ1n) is 13.1. The molecule has 1 fully saturated rings. The minimum absolute atomic E-state index is 0.0510. The molecule has 10 nitrogen and oxygen atoms in total. The Balaban J connectivity index is 1.47. The third-order valence-electron chi connectivity index (χ3n) is 6.27. The molecule has 4 rings (SSSR count). The van der Waals surface area contributed by atoms with E-state index in [4.69, 9.17) is 19.3 Å². The van der Waals surface area contributed by atoms with Crippen LogP contribution in [0.25, 0.3) is 0 Å². The largest absolute Gasteiger partial charge is 0.478 e. The maximum absolute atomic E-state index is 12.3. The smallest absolute Gasteiger partial charge is 0.335 e. The Kier molecular flexibility index (Phi) is 10.7. The number of aromatic carboxylic acids is 1. The molecule has 11 heteroatoms. The van der Waals surface area contributed by atoms with E-state index in [1.165, 1.54) is 0 Å².